The molecule has 1 aromatic carbocycles. The molecule has 1 aliphatic heterocycles. The van der Waals surface area contributed by atoms with Gasteiger partial charge in [-0.1, -0.05) is 0 Å². The lowest BCUT2D eigenvalue weighted by molar-refractivity contribution is -0.137. The minimum atomic E-state index is -4.53. The second-order valence-electron chi connectivity index (χ2n) is 7.47. The first-order valence-corrected chi connectivity index (χ1v) is 9.24. The molecule has 1 unspecified atom stereocenters. The summed E-state index contributed by atoms with van der Waals surface area (Å²) >= 11 is 3.15. The van der Waals surface area contributed by atoms with Crippen molar-refractivity contribution in [3.63, 3.8) is 0 Å². The largest absolute Gasteiger partial charge is 0.444 e. The van der Waals surface area contributed by atoms with E-state index in [1.807, 2.05) is 0 Å². The van der Waals surface area contributed by atoms with E-state index in [9.17, 15) is 22.8 Å². The Hall–Kier alpha value is -1.77. The Morgan fingerprint density at radius 1 is 1.19 bits per heavy atom. The van der Waals surface area contributed by atoms with Crippen LogP contribution in [0.4, 0.5) is 18.0 Å². The molecule has 2 rings (SSSR count). The van der Waals surface area contributed by atoms with Crippen molar-refractivity contribution in [2.75, 3.05) is 19.6 Å². The zero-order chi connectivity index (χ0) is 20.6. The van der Waals surface area contributed by atoms with Crippen LogP contribution in [-0.4, -0.2) is 53.1 Å². The Balaban J connectivity index is 2.13. The number of carbonyl (C=O) groups is 2. The predicted molar refractivity (Wildman–Crippen MR) is 97.4 cm³/mol. The number of alkyl halides is 3. The molecule has 0 aliphatic carbocycles. The van der Waals surface area contributed by atoms with E-state index in [4.69, 9.17) is 4.74 Å². The lowest BCUT2D eigenvalue weighted by atomic mass is 10.1. The van der Waals surface area contributed by atoms with Gasteiger partial charge in [-0.2, -0.15) is 13.2 Å². The molecule has 2 amide bonds. The number of hydrogen-bond acceptors (Lipinski definition) is 3. The summed E-state index contributed by atoms with van der Waals surface area (Å²) in [6, 6.07) is 2.67. The first-order valence-electron chi connectivity index (χ1n) is 8.45. The molecule has 150 valence electrons. The maximum atomic E-state index is 12.9. The number of benzene rings is 1. The van der Waals surface area contributed by atoms with Gasteiger partial charge < -0.3 is 14.5 Å². The maximum absolute atomic E-state index is 12.9. The van der Waals surface area contributed by atoms with Gasteiger partial charge in [0.15, 0.2) is 0 Å². The fraction of sp³-hybridized carbons (Fsp3) is 0.556. The third-order valence-electron chi connectivity index (χ3n) is 4.07. The van der Waals surface area contributed by atoms with E-state index in [1.54, 1.807) is 27.7 Å². The van der Waals surface area contributed by atoms with E-state index >= 15 is 0 Å². The highest BCUT2D eigenvalue weighted by Crippen LogP contribution is 2.32. The van der Waals surface area contributed by atoms with Gasteiger partial charge in [0.05, 0.1) is 11.1 Å². The van der Waals surface area contributed by atoms with Gasteiger partial charge in [-0.25, -0.2) is 4.79 Å². The molecule has 1 saturated heterocycles. The predicted octanol–water partition coefficient (Wildman–Crippen LogP) is 4.55. The van der Waals surface area contributed by atoms with Gasteiger partial charge >= 0.3 is 12.3 Å². The van der Waals surface area contributed by atoms with Gasteiger partial charge in [0.25, 0.3) is 5.91 Å². The van der Waals surface area contributed by atoms with Crippen molar-refractivity contribution in [2.24, 2.45) is 0 Å². The number of carbonyl (C=O) groups excluding carboxylic acids is 2. The quantitative estimate of drug-likeness (QED) is 0.630. The Morgan fingerprint density at radius 2 is 1.81 bits per heavy atom. The summed E-state index contributed by atoms with van der Waals surface area (Å²) in [5.74, 6) is -0.510. The van der Waals surface area contributed by atoms with Crippen LogP contribution in [0.2, 0.25) is 0 Å². The molecule has 1 aliphatic rings. The molecule has 0 saturated carbocycles. The van der Waals surface area contributed by atoms with E-state index in [1.165, 1.54) is 15.9 Å². The third kappa shape index (κ3) is 5.37. The summed E-state index contributed by atoms with van der Waals surface area (Å²) in [7, 11) is 0. The first-order chi connectivity index (χ1) is 12.3. The first kappa shape index (κ1) is 21.5. The second-order valence-corrected chi connectivity index (χ2v) is 8.32. The standard InChI is InChI=1S/C18H22BrF3N2O3/c1-11-10-23(7-8-24(11)16(26)27-17(2,3)4)15(25)13-9-12(18(20,21)22)5-6-14(13)19/h5-6,9,11H,7-8,10H2,1-4H3. The molecule has 27 heavy (non-hydrogen) atoms. The van der Waals surface area contributed by atoms with Gasteiger partial charge in [0.1, 0.15) is 5.60 Å². The van der Waals surface area contributed by atoms with Crippen molar-refractivity contribution in [1.82, 2.24) is 9.80 Å². The van der Waals surface area contributed by atoms with Crippen molar-refractivity contribution in [3.05, 3.63) is 33.8 Å². The number of hydrogen-bond donors (Lipinski definition) is 0. The van der Waals surface area contributed by atoms with Gasteiger partial charge in [-0.15, -0.1) is 0 Å². The number of halogens is 4. The molecule has 0 radical (unpaired) electrons. The lowest BCUT2D eigenvalue weighted by Crippen LogP contribution is -2.56. The Kier molecular flexibility index (Phi) is 6.13. The molecule has 1 aromatic rings. The van der Waals surface area contributed by atoms with Crippen molar-refractivity contribution in [2.45, 2.75) is 45.5 Å². The minimum absolute atomic E-state index is 0.0530. The van der Waals surface area contributed by atoms with Crippen molar-refractivity contribution in [1.29, 1.82) is 0 Å². The molecular formula is C18H22BrF3N2O3. The van der Waals surface area contributed by atoms with Crippen LogP contribution in [0.5, 0.6) is 0 Å². The Labute approximate surface area is 164 Å². The average Bonchev–Trinajstić information content (AvgIpc) is 2.51. The average molecular weight is 451 g/mol. The maximum Gasteiger partial charge on any atom is 0.416 e. The van der Waals surface area contributed by atoms with Crippen LogP contribution in [0.1, 0.15) is 43.6 Å². The van der Waals surface area contributed by atoms with E-state index in [2.05, 4.69) is 15.9 Å². The summed E-state index contributed by atoms with van der Waals surface area (Å²) in [5.41, 5.74) is -1.57. The molecule has 9 heteroatoms. The summed E-state index contributed by atoms with van der Waals surface area (Å²) in [6.45, 7) is 7.73. The van der Waals surface area contributed by atoms with Crippen LogP contribution >= 0.6 is 15.9 Å². The molecule has 1 atom stereocenters. The normalized spacial score (nSPS) is 18.4. The molecule has 0 N–H and O–H groups in total. The molecule has 0 bridgehead atoms. The molecular weight excluding hydrogens is 429 g/mol. The number of rotatable bonds is 1. The number of ether oxygens (including phenoxy) is 1. The fourth-order valence-electron chi connectivity index (χ4n) is 2.77. The zero-order valence-electron chi connectivity index (χ0n) is 15.6. The van der Waals surface area contributed by atoms with Gasteiger partial charge in [0, 0.05) is 30.1 Å². The third-order valence-corrected chi connectivity index (χ3v) is 4.76. The molecule has 0 aromatic heterocycles. The van der Waals surface area contributed by atoms with E-state index < -0.39 is 29.3 Å². The molecule has 0 spiro atoms. The summed E-state index contributed by atoms with van der Waals surface area (Å²) < 4.78 is 44.5. The van der Waals surface area contributed by atoms with Crippen LogP contribution in [0.15, 0.2) is 22.7 Å². The van der Waals surface area contributed by atoms with Crippen LogP contribution in [-0.2, 0) is 10.9 Å². The second kappa shape index (κ2) is 7.69. The summed E-state index contributed by atoms with van der Waals surface area (Å²) in [4.78, 5) is 28.0. The Morgan fingerprint density at radius 3 is 2.33 bits per heavy atom. The van der Waals surface area contributed by atoms with Crippen LogP contribution in [0, 0.1) is 0 Å². The topological polar surface area (TPSA) is 49.9 Å². The highest BCUT2D eigenvalue weighted by atomic mass is 79.9. The van der Waals surface area contributed by atoms with Crippen LogP contribution < -0.4 is 0 Å². The minimum Gasteiger partial charge on any atom is -0.444 e. The van der Waals surface area contributed by atoms with Crippen molar-refractivity contribution < 1.29 is 27.5 Å². The lowest BCUT2D eigenvalue weighted by Gasteiger charge is -2.40. The number of nitrogens with zero attached hydrogens (tertiary/aromatic N) is 2. The molecule has 5 nitrogen and oxygen atoms in total. The van der Waals surface area contributed by atoms with Gasteiger partial charge in [0.2, 0.25) is 0 Å². The van der Waals surface area contributed by atoms with Crippen LogP contribution in [0.25, 0.3) is 0 Å². The molecule has 1 fully saturated rings. The number of piperazine rings is 1. The molecule has 1 heterocycles. The van der Waals surface area contributed by atoms with Crippen molar-refractivity contribution in [3.8, 4) is 0 Å². The zero-order valence-corrected chi connectivity index (χ0v) is 17.1. The van der Waals surface area contributed by atoms with E-state index in [-0.39, 0.29) is 31.2 Å². The van der Waals surface area contributed by atoms with Crippen molar-refractivity contribution >= 4 is 27.9 Å². The van der Waals surface area contributed by atoms with Gasteiger partial charge in [-0.3, -0.25) is 4.79 Å². The monoisotopic (exact) mass is 450 g/mol. The Bertz CT molecular complexity index is 732. The SMILES string of the molecule is CC1CN(C(=O)c2cc(C(F)(F)F)ccc2Br)CCN1C(=O)OC(C)(C)C. The smallest absolute Gasteiger partial charge is 0.416 e. The van der Waals surface area contributed by atoms with Gasteiger partial charge in [-0.05, 0) is 61.8 Å². The van der Waals surface area contributed by atoms with E-state index in [0.29, 0.717) is 4.47 Å². The highest BCUT2D eigenvalue weighted by molar-refractivity contribution is 9.10. The summed E-state index contributed by atoms with van der Waals surface area (Å²) in [5, 5.41) is 0. The fourth-order valence-corrected chi connectivity index (χ4v) is 3.19. The highest BCUT2D eigenvalue weighted by Gasteiger charge is 2.35. The van der Waals surface area contributed by atoms with E-state index in [0.717, 1.165) is 12.1 Å². The summed E-state index contributed by atoms with van der Waals surface area (Å²) in [6.07, 6.45) is -5.00. The number of amides is 2. The van der Waals surface area contributed by atoms with Crippen LogP contribution in [0.3, 0.4) is 0 Å².